The Morgan fingerprint density at radius 1 is 1.20 bits per heavy atom. The molecule has 2 aromatic carbocycles. The van der Waals surface area contributed by atoms with Crippen LogP contribution in [0.2, 0.25) is 5.02 Å². The van der Waals surface area contributed by atoms with Gasteiger partial charge in [0.15, 0.2) is 0 Å². The third-order valence-electron chi connectivity index (χ3n) is 3.86. The Labute approximate surface area is 129 Å². The van der Waals surface area contributed by atoms with Crippen LogP contribution in [0, 0.1) is 0 Å². The number of aliphatic hydroxyl groups excluding tert-OH is 1. The SMILES string of the molecule is OC(CSc1cccc(Cl)c1)C1CCc2ccccc21. The first-order valence-electron chi connectivity index (χ1n) is 6.88. The van der Waals surface area contributed by atoms with E-state index in [0.717, 1.165) is 22.8 Å². The fourth-order valence-electron chi connectivity index (χ4n) is 2.84. The Balaban J connectivity index is 1.65. The maximum Gasteiger partial charge on any atom is 0.0702 e. The van der Waals surface area contributed by atoms with Gasteiger partial charge in [0.1, 0.15) is 0 Å². The number of fused-ring (bicyclic) bond motifs is 1. The number of halogens is 1. The van der Waals surface area contributed by atoms with Gasteiger partial charge in [-0.25, -0.2) is 0 Å². The Kier molecular flexibility index (Phi) is 4.35. The summed E-state index contributed by atoms with van der Waals surface area (Å²) in [6.07, 6.45) is 1.83. The Bertz CT molecular complexity index is 599. The fourth-order valence-corrected chi connectivity index (χ4v) is 4.08. The molecular formula is C17H17ClOS. The second kappa shape index (κ2) is 6.21. The summed E-state index contributed by atoms with van der Waals surface area (Å²) in [6, 6.07) is 16.3. The van der Waals surface area contributed by atoms with Crippen LogP contribution in [0.15, 0.2) is 53.4 Å². The second-order valence-corrected chi connectivity index (χ2v) is 6.71. The van der Waals surface area contributed by atoms with Gasteiger partial charge in [0, 0.05) is 21.6 Å². The van der Waals surface area contributed by atoms with E-state index in [2.05, 4.69) is 24.3 Å². The van der Waals surface area contributed by atoms with Crippen LogP contribution in [0.1, 0.15) is 23.5 Å². The monoisotopic (exact) mass is 304 g/mol. The summed E-state index contributed by atoms with van der Waals surface area (Å²) in [5, 5.41) is 11.2. The average Bonchev–Trinajstić information content (AvgIpc) is 2.89. The number of aryl methyl sites for hydroxylation is 1. The summed E-state index contributed by atoms with van der Waals surface area (Å²) < 4.78 is 0. The molecule has 1 N–H and O–H groups in total. The summed E-state index contributed by atoms with van der Waals surface area (Å²) >= 11 is 7.65. The van der Waals surface area contributed by atoms with E-state index in [4.69, 9.17) is 11.6 Å². The minimum Gasteiger partial charge on any atom is -0.392 e. The Morgan fingerprint density at radius 2 is 2.05 bits per heavy atom. The minimum atomic E-state index is -0.303. The topological polar surface area (TPSA) is 20.2 Å². The van der Waals surface area contributed by atoms with Crippen molar-refractivity contribution in [1.82, 2.24) is 0 Å². The third kappa shape index (κ3) is 3.03. The molecule has 1 nitrogen and oxygen atoms in total. The Hall–Kier alpha value is -0.960. The lowest BCUT2D eigenvalue weighted by atomic mass is 9.96. The van der Waals surface area contributed by atoms with Crippen LogP contribution in [-0.4, -0.2) is 17.0 Å². The molecule has 0 saturated carbocycles. The highest BCUT2D eigenvalue weighted by molar-refractivity contribution is 7.99. The lowest BCUT2D eigenvalue weighted by Gasteiger charge is -2.19. The fraction of sp³-hybridized carbons (Fsp3) is 0.294. The lowest BCUT2D eigenvalue weighted by molar-refractivity contribution is 0.166. The van der Waals surface area contributed by atoms with E-state index < -0.39 is 0 Å². The summed E-state index contributed by atoms with van der Waals surface area (Å²) in [5.41, 5.74) is 2.72. The summed E-state index contributed by atoms with van der Waals surface area (Å²) in [4.78, 5) is 1.11. The Morgan fingerprint density at radius 3 is 2.90 bits per heavy atom. The standard InChI is InChI=1S/C17H17ClOS/c18-13-5-3-6-14(10-13)20-11-17(19)16-9-8-12-4-1-2-7-15(12)16/h1-7,10,16-17,19H,8-9,11H2. The van der Waals surface area contributed by atoms with E-state index in [1.165, 1.54) is 11.1 Å². The van der Waals surface area contributed by atoms with Crippen molar-refractivity contribution >= 4 is 23.4 Å². The van der Waals surface area contributed by atoms with Crippen LogP contribution in [0.3, 0.4) is 0 Å². The quantitative estimate of drug-likeness (QED) is 0.838. The van der Waals surface area contributed by atoms with Crippen molar-refractivity contribution < 1.29 is 5.11 Å². The van der Waals surface area contributed by atoms with Crippen molar-refractivity contribution in [2.75, 3.05) is 5.75 Å². The minimum absolute atomic E-state index is 0.276. The number of hydrogen-bond donors (Lipinski definition) is 1. The number of hydrogen-bond acceptors (Lipinski definition) is 2. The molecule has 0 saturated heterocycles. The smallest absolute Gasteiger partial charge is 0.0702 e. The van der Waals surface area contributed by atoms with Gasteiger partial charge >= 0.3 is 0 Å². The van der Waals surface area contributed by atoms with Gasteiger partial charge < -0.3 is 5.11 Å². The van der Waals surface area contributed by atoms with E-state index in [1.54, 1.807) is 11.8 Å². The molecule has 2 unspecified atom stereocenters. The van der Waals surface area contributed by atoms with Crippen LogP contribution in [0.5, 0.6) is 0 Å². The zero-order valence-corrected chi connectivity index (χ0v) is 12.7. The van der Waals surface area contributed by atoms with Gasteiger partial charge in [-0.05, 0) is 42.2 Å². The van der Waals surface area contributed by atoms with E-state index in [1.807, 2.05) is 24.3 Å². The molecule has 20 heavy (non-hydrogen) atoms. The van der Waals surface area contributed by atoms with Crippen molar-refractivity contribution in [3.05, 3.63) is 64.7 Å². The maximum atomic E-state index is 10.5. The predicted molar refractivity (Wildman–Crippen MR) is 85.7 cm³/mol. The number of aliphatic hydroxyl groups is 1. The molecule has 3 heteroatoms. The van der Waals surface area contributed by atoms with Gasteiger partial charge in [0.25, 0.3) is 0 Å². The van der Waals surface area contributed by atoms with Gasteiger partial charge in [0.05, 0.1) is 6.10 Å². The molecule has 0 bridgehead atoms. The summed E-state index contributed by atoms with van der Waals surface area (Å²) in [5.74, 6) is 0.984. The molecule has 1 aliphatic rings. The van der Waals surface area contributed by atoms with Gasteiger partial charge in [-0.15, -0.1) is 11.8 Å². The molecule has 0 heterocycles. The van der Waals surface area contributed by atoms with E-state index >= 15 is 0 Å². The first kappa shape index (κ1) is 14.0. The van der Waals surface area contributed by atoms with Gasteiger partial charge in [0.2, 0.25) is 0 Å². The van der Waals surface area contributed by atoms with Crippen LogP contribution in [0.25, 0.3) is 0 Å². The molecule has 0 amide bonds. The number of rotatable bonds is 4. The van der Waals surface area contributed by atoms with Crippen LogP contribution >= 0.6 is 23.4 Å². The molecule has 0 aromatic heterocycles. The molecule has 2 atom stereocenters. The first-order valence-corrected chi connectivity index (χ1v) is 8.24. The molecule has 2 aromatic rings. The molecule has 104 valence electrons. The average molecular weight is 305 g/mol. The molecule has 1 aliphatic carbocycles. The second-order valence-electron chi connectivity index (χ2n) is 5.18. The van der Waals surface area contributed by atoms with Crippen LogP contribution in [0.4, 0.5) is 0 Å². The summed E-state index contributed by atoms with van der Waals surface area (Å²) in [7, 11) is 0. The molecule has 3 rings (SSSR count). The third-order valence-corrected chi connectivity index (χ3v) is 5.19. The van der Waals surface area contributed by atoms with Crippen molar-refractivity contribution in [3.63, 3.8) is 0 Å². The number of benzene rings is 2. The molecule has 0 radical (unpaired) electrons. The van der Waals surface area contributed by atoms with Gasteiger partial charge in [-0.2, -0.15) is 0 Å². The van der Waals surface area contributed by atoms with E-state index in [-0.39, 0.29) is 12.0 Å². The molecule has 0 aliphatic heterocycles. The van der Waals surface area contributed by atoms with Crippen molar-refractivity contribution in [1.29, 1.82) is 0 Å². The maximum absolute atomic E-state index is 10.5. The molecule has 0 fully saturated rings. The van der Waals surface area contributed by atoms with Gasteiger partial charge in [-0.3, -0.25) is 0 Å². The highest BCUT2D eigenvalue weighted by Crippen LogP contribution is 2.37. The van der Waals surface area contributed by atoms with Crippen molar-refractivity contribution in [2.45, 2.75) is 29.8 Å². The predicted octanol–water partition coefficient (Wildman–Crippen LogP) is 4.52. The molecular weight excluding hydrogens is 288 g/mol. The first-order chi connectivity index (χ1) is 9.74. The van der Waals surface area contributed by atoms with E-state index in [0.29, 0.717) is 5.75 Å². The highest BCUT2D eigenvalue weighted by Gasteiger charge is 2.28. The number of thioether (sulfide) groups is 1. The van der Waals surface area contributed by atoms with Crippen molar-refractivity contribution in [2.24, 2.45) is 0 Å². The lowest BCUT2D eigenvalue weighted by Crippen LogP contribution is -2.19. The normalized spacial score (nSPS) is 18.8. The zero-order chi connectivity index (χ0) is 13.9. The van der Waals surface area contributed by atoms with E-state index in [9.17, 15) is 5.11 Å². The van der Waals surface area contributed by atoms with Crippen LogP contribution < -0.4 is 0 Å². The zero-order valence-electron chi connectivity index (χ0n) is 11.1. The van der Waals surface area contributed by atoms with Gasteiger partial charge in [-0.1, -0.05) is 41.9 Å². The highest BCUT2D eigenvalue weighted by atomic mass is 35.5. The largest absolute Gasteiger partial charge is 0.392 e. The summed E-state index contributed by atoms with van der Waals surface area (Å²) in [6.45, 7) is 0. The van der Waals surface area contributed by atoms with Crippen LogP contribution in [-0.2, 0) is 6.42 Å². The van der Waals surface area contributed by atoms with Crippen molar-refractivity contribution in [3.8, 4) is 0 Å². The molecule has 0 spiro atoms.